The van der Waals surface area contributed by atoms with Crippen LogP contribution in [0, 0.1) is 0 Å². The molecule has 0 amide bonds. The predicted octanol–water partition coefficient (Wildman–Crippen LogP) is -2.82. The first kappa shape index (κ1) is 8.84. The van der Waals surface area contributed by atoms with Crippen molar-refractivity contribution in [1.82, 2.24) is 9.97 Å². The molecule has 0 aromatic carbocycles. The fourth-order valence-electron chi connectivity index (χ4n) is 0.410. The minimum atomic E-state index is -1.05. The van der Waals surface area contributed by atoms with Gasteiger partial charge in [-0.05, 0) is 0 Å². The fourth-order valence-corrected chi connectivity index (χ4v) is 0.410. The first-order chi connectivity index (χ1) is 4.30. The minimum absolute atomic E-state index is 0. The molecule has 1 rings (SSSR count). The molecule has 0 unspecified atom stereocenters. The molecule has 0 saturated carbocycles. The van der Waals surface area contributed by atoms with Crippen molar-refractivity contribution in [1.29, 1.82) is 0 Å². The highest BCUT2D eigenvalue weighted by Gasteiger charge is 2.00. The van der Waals surface area contributed by atoms with Crippen LogP contribution in [0.4, 0.5) is 0 Å². The largest absolute Gasteiger partial charge is 1.00 e. The molecule has 0 bridgehead atoms. The van der Waals surface area contributed by atoms with Crippen LogP contribution in [0.1, 0.15) is 10.5 Å². The van der Waals surface area contributed by atoms with Crippen LogP contribution in [-0.2, 0) is 0 Å². The van der Waals surface area contributed by atoms with Gasteiger partial charge in [-0.25, -0.2) is 9.78 Å². The molecule has 1 N–H and O–H groups in total. The molecule has 0 aliphatic rings. The SMILES string of the molecule is O=C(O)c1cnccn1.[Cl-]. The van der Waals surface area contributed by atoms with E-state index in [9.17, 15) is 4.79 Å². The Morgan fingerprint density at radius 2 is 2.20 bits per heavy atom. The molecule has 0 spiro atoms. The molecule has 0 aliphatic carbocycles. The van der Waals surface area contributed by atoms with Crippen LogP contribution in [0.2, 0.25) is 0 Å². The quantitative estimate of drug-likeness (QED) is 0.480. The Morgan fingerprint density at radius 1 is 1.50 bits per heavy atom. The number of carboxylic acid groups (broad SMARTS) is 1. The average Bonchev–Trinajstić information content (AvgIpc) is 1.90. The lowest BCUT2D eigenvalue weighted by Gasteiger charge is -1.86. The summed E-state index contributed by atoms with van der Waals surface area (Å²) in [4.78, 5) is 17.2. The lowest BCUT2D eigenvalue weighted by Crippen LogP contribution is -3.00. The fraction of sp³-hybridized carbons (Fsp3) is 0. The maximum Gasteiger partial charge on any atom is 0.356 e. The third kappa shape index (κ3) is 1.99. The first-order valence-corrected chi connectivity index (χ1v) is 2.30. The molecular weight excluding hydrogens is 156 g/mol. The van der Waals surface area contributed by atoms with Gasteiger partial charge < -0.3 is 17.5 Å². The van der Waals surface area contributed by atoms with E-state index in [1.165, 1.54) is 18.6 Å². The van der Waals surface area contributed by atoms with E-state index in [1.54, 1.807) is 0 Å². The van der Waals surface area contributed by atoms with Gasteiger partial charge in [-0.1, -0.05) is 0 Å². The molecule has 0 atom stereocenters. The number of carbonyl (C=O) groups is 1. The van der Waals surface area contributed by atoms with Crippen molar-refractivity contribution in [2.45, 2.75) is 0 Å². The summed E-state index contributed by atoms with van der Waals surface area (Å²) in [6.07, 6.45) is 3.96. The van der Waals surface area contributed by atoms with E-state index in [4.69, 9.17) is 5.11 Å². The van der Waals surface area contributed by atoms with Crippen molar-refractivity contribution in [2.24, 2.45) is 0 Å². The average molecular weight is 160 g/mol. The highest BCUT2D eigenvalue weighted by molar-refractivity contribution is 5.84. The van der Waals surface area contributed by atoms with Crippen LogP contribution in [0.5, 0.6) is 0 Å². The molecule has 0 fully saturated rings. The van der Waals surface area contributed by atoms with Gasteiger partial charge in [0.2, 0.25) is 0 Å². The molecule has 4 nitrogen and oxygen atoms in total. The van der Waals surface area contributed by atoms with Crippen molar-refractivity contribution in [2.75, 3.05) is 0 Å². The van der Waals surface area contributed by atoms with Gasteiger partial charge in [0, 0.05) is 12.4 Å². The van der Waals surface area contributed by atoms with Crippen molar-refractivity contribution in [3.05, 3.63) is 24.3 Å². The predicted molar refractivity (Wildman–Crippen MR) is 29.0 cm³/mol. The van der Waals surface area contributed by atoms with Gasteiger partial charge in [0.1, 0.15) is 0 Å². The summed E-state index contributed by atoms with van der Waals surface area (Å²) in [5, 5.41) is 8.28. The van der Waals surface area contributed by atoms with Crippen molar-refractivity contribution in [3.63, 3.8) is 0 Å². The maximum absolute atomic E-state index is 10.1. The normalized spacial score (nSPS) is 8.00. The zero-order valence-electron chi connectivity index (χ0n) is 4.86. The zero-order valence-corrected chi connectivity index (χ0v) is 5.62. The van der Waals surface area contributed by atoms with Crippen LogP contribution in [0.3, 0.4) is 0 Å². The van der Waals surface area contributed by atoms with E-state index in [2.05, 4.69) is 9.97 Å². The van der Waals surface area contributed by atoms with Gasteiger partial charge in [0.25, 0.3) is 0 Å². The van der Waals surface area contributed by atoms with Crippen LogP contribution < -0.4 is 12.4 Å². The Labute approximate surface area is 63.3 Å². The van der Waals surface area contributed by atoms with E-state index >= 15 is 0 Å². The summed E-state index contributed by atoms with van der Waals surface area (Å²) in [5.41, 5.74) is -0.0301. The van der Waals surface area contributed by atoms with Crippen LogP contribution in [-0.4, -0.2) is 21.0 Å². The van der Waals surface area contributed by atoms with Gasteiger partial charge in [0.15, 0.2) is 5.69 Å². The molecule has 1 aromatic heterocycles. The number of aromatic nitrogens is 2. The molecule has 54 valence electrons. The standard InChI is InChI=1S/C5H4N2O2.ClH/c8-5(9)4-3-6-1-2-7-4;/h1-3H,(H,8,9);1H/p-1. The summed E-state index contributed by atoms with van der Waals surface area (Å²) >= 11 is 0. The Balaban J connectivity index is 0.000000810. The van der Waals surface area contributed by atoms with Crippen molar-refractivity contribution in [3.8, 4) is 0 Å². The second-order valence-electron chi connectivity index (χ2n) is 1.40. The first-order valence-electron chi connectivity index (χ1n) is 2.30. The van der Waals surface area contributed by atoms with E-state index in [0.29, 0.717) is 0 Å². The Kier molecular flexibility index (Phi) is 3.35. The number of nitrogens with zero attached hydrogens (tertiary/aromatic N) is 2. The number of halogens is 1. The Morgan fingerprint density at radius 3 is 2.50 bits per heavy atom. The Bertz CT molecular complexity index is 214. The summed E-state index contributed by atoms with van der Waals surface area (Å²) in [5.74, 6) is -1.05. The lowest BCUT2D eigenvalue weighted by atomic mass is 10.5. The maximum atomic E-state index is 10.1. The minimum Gasteiger partial charge on any atom is -1.00 e. The number of carboxylic acids is 1. The summed E-state index contributed by atoms with van der Waals surface area (Å²) in [7, 11) is 0. The number of hydrogen-bond donors (Lipinski definition) is 1. The zero-order chi connectivity index (χ0) is 6.69. The second kappa shape index (κ2) is 3.79. The molecular formula is C5H4ClN2O2-. The van der Waals surface area contributed by atoms with Gasteiger partial charge in [0.05, 0.1) is 6.20 Å². The van der Waals surface area contributed by atoms with E-state index in [1.807, 2.05) is 0 Å². The Hall–Kier alpha value is -1.16. The van der Waals surface area contributed by atoms with E-state index < -0.39 is 5.97 Å². The summed E-state index contributed by atoms with van der Waals surface area (Å²) < 4.78 is 0. The molecule has 5 heteroatoms. The van der Waals surface area contributed by atoms with Gasteiger partial charge in [-0.2, -0.15) is 0 Å². The van der Waals surface area contributed by atoms with Gasteiger partial charge in [-0.3, -0.25) is 4.98 Å². The highest BCUT2D eigenvalue weighted by Crippen LogP contribution is 1.86. The van der Waals surface area contributed by atoms with Crippen LogP contribution in [0.25, 0.3) is 0 Å². The number of hydrogen-bond acceptors (Lipinski definition) is 3. The molecule has 0 aliphatic heterocycles. The lowest BCUT2D eigenvalue weighted by molar-refractivity contribution is -0.0000175. The van der Waals surface area contributed by atoms with Crippen LogP contribution >= 0.6 is 0 Å². The smallest absolute Gasteiger partial charge is 0.356 e. The highest BCUT2D eigenvalue weighted by atomic mass is 35.5. The van der Waals surface area contributed by atoms with E-state index in [-0.39, 0.29) is 18.1 Å². The third-order valence-electron chi connectivity index (χ3n) is 0.782. The summed E-state index contributed by atoms with van der Waals surface area (Å²) in [6.45, 7) is 0. The molecule has 0 radical (unpaired) electrons. The third-order valence-corrected chi connectivity index (χ3v) is 0.782. The molecule has 10 heavy (non-hydrogen) atoms. The molecule has 1 heterocycles. The monoisotopic (exact) mass is 159 g/mol. The van der Waals surface area contributed by atoms with Gasteiger partial charge in [-0.15, -0.1) is 0 Å². The molecule has 0 saturated heterocycles. The number of aromatic carboxylic acids is 1. The van der Waals surface area contributed by atoms with Crippen molar-refractivity contribution < 1.29 is 22.3 Å². The van der Waals surface area contributed by atoms with Crippen molar-refractivity contribution >= 4 is 5.97 Å². The summed E-state index contributed by atoms with van der Waals surface area (Å²) in [6, 6.07) is 0. The topological polar surface area (TPSA) is 63.1 Å². The van der Waals surface area contributed by atoms with Crippen LogP contribution in [0.15, 0.2) is 18.6 Å². The van der Waals surface area contributed by atoms with E-state index in [0.717, 1.165) is 0 Å². The number of rotatable bonds is 1. The molecule has 1 aromatic rings. The van der Waals surface area contributed by atoms with Gasteiger partial charge >= 0.3 is 5.97 Å². The second-order valence-corrected chi connectivity index (χ2v) is 1.40.